The molecule has 2 atom stereocenters. The summed E-state index contributed by atoms with van der Waals surface area (Å²) in [6, 6.07) is 9.70. The maximum absolute atomic E-state index is 9.36. The Bertz CT molecular complexity index is 726. The smallest absolute Gasteiger partial charge is 0.236 e. The van der Waals surface area contributed by atoms with E-state index in [2.05, 4.69) is 45.7 Å². The number of nitriles is 1. The number of hydrogen-bond donors (Lipinski definition) is 0. The van der Waals surface area contributed by atoms with E-state index in [9.17, 15) is 5.26 Å². The van der Waals surface area contributed by atoms with Gasteiger partial charge in [-0.25, -0.2) is 0 Å². The molecule has 6 heteroatoms. The lowest BCUT2D eigenvalue weighted by Crippen LogP contribution is -2.38. The average molecular weight is 390 g/mol. The van der Waals surface area contributed by atoms with Crippen molar-refractivity contribution in [3.8, 4) is 11.8 Å². The molecule has 0 saturated carbocycles. The molecule has 0 radical (unpaired) electrons. The molecule has 0 amide bonds. The summed E-state index contributed by atoms with van der Waals surface area (Å²) in [5, 5.41) is 9.36. The molecule has 1 aromatic carbocycles. The van der Waals surface area contributed by atoms with Gasteiger partial charge >= 0.3 is 0 Å². The van der Waals surface area contributed by atoms with Gasteiger partial charge in [0.15, 0.2) is 6.61 Å². The molecule has 0 unspecified atom stereocenters. The number of ether oxygens (including phenoxy) is 1. The van der Waals surface area contributed by atoms with Crippen molar-refractivity contribution in [2.75, 3.05) is 18.0 Å². The van der Waals surface area contributed by atoms with Gasteiger partial charge in [0.05, 0.1) is 0 Å². The first kappa shape index (κ1) is 16.8. The van der Waals surface area contributed by atoms with Gasteiger partial charge in [0, 0.05) is 17.6 Å². The van der Waals surface area contributed by atoms with Gasteiger partial charge in [0.25, 0.3) is 0 Å². The topological polar surface area (TPSA) is 62.3 Å². The molecule has 126 valence electrons. The van der Waals surface area contributed by atoms with Crippen LogP contribution in [0.2, 0.25) is 0 Å². The van der Waals surface area contributed by atoms with Crippen LogP contribution >= 0.6 is 15.9 Å². The highest BCUT2D eigenvalue weighted by Gasteiger charge is 2.27. The fourth-order valence-electron chi connectivity index (χ4n) is 3.21. The molecule has 0 spiro atoms. The van der Waals surface area contributed by atoms with Gasteiger partial charge in [0.2, 0.25) is 17.5 Å². The van der Waals surface area contributed by atoms with Crippen LogP contribution in [-0.4, -0.2) is 18.1 Å². The van der Waals surface area contributed by atoms with E-state index >= 15 is 0 Å². The van der Waals surface area contributed by atoms with Crippen molar-refractivity contribution in [2.45, 2.75) is 26.9 Å². The van der Waals surface area contributed by atoms with E-state index in [1.54, 1.807) is 0 Å². The van der Waals surface area contributed by atoms with Crippen LogP contribution in [0.5, 0.6) is 5.75 Å². The number of rotatable bonds is 4. The Morgan fingerprint density at radius 1 is 1.29 bits per heavy atom. The van der Waals surface area contributed by atoms with Crippen LogP contribution in [0.15, 0.2) is 33.2 Å². The fraction of sp³-hybridized carbons (Fsp3) is 0.444. The molecule has 5 nitrogen and oxygen atoms in total. The largest absolute Gasteiger partial charge is 0.484 e. The zero-order valence-corrected chi connectivity index (χ0v) is 15.4. The highest BCUT2D eigenvalue weighted by Crippen LogP contribution is 2.29. The number of nitrogens with zero attached hydrogens (tertiary/aromatic N) is 3. The Labute approximate surface area is 150 Å². The summed E-state index contributed by atoms with van der Waals surface area (Å²) in [5.74, 6) is 2.89. The molecule has 0 N–H and O–H groups in total. The summed E-state index contributed by atoms with van der Waals surface area (Å²) in [4.78, 5) is 6.42. The molecular weight excluding hydrogens is 370 g/mol. The van der Waals surface area contributed by atoms with Crippen LogP contribution < -0.4 is 9.64 Å². The van der Waals surface area contributed by atoms with Gasteiger partial charge in [-0.1, -0.05) is 29.8 Å². The minimum Gasteiger partial charge on any atom is -0.484 e. The van der Waals surface area contributed by atoms with Gasteiger partial charge in [-0.3, -0.25) is 0 Å². The van der Waals surface area contributed by atoms with Crippen molar-refractivity contribution in [1.82, 2.24) is 4.98 Å². The van der Waals surface area contributed by atoms with Crippen LogP contribution in [0.25, 0.3) is 0 Å². The summed E-state index contributed by atoms with van der Waals surface area (Å²) in [6.45, 7) is 6.43. The third kappa shape index (κ3) is 3.90. The number of anilines is 1. The van der Waals surface area contributed by atoms with Crippen LogP contribution in [-0.2, 0) is 6.61 Å². The standard InChI is InChI=1S/C18H20BrN3O2/c1-12-7-13(2)10-22(9-12)18-16(8-20)21-17(24-18)11-23-15-5-3-14(19)4-6-15/h3-6,12-13H,7,9-11H2,1-2H3/t12-,13-/m0/s1. The highest BCUT2D eigenvalue weighted by molar-refractivity contribution is 9.10. The highest BCUT2D eigenvalue weighted by atomic mass is 79.9. The molecule has 2 heterocycles. The third-order valence-electron chi connectivity index (χ3n) is 4.09. The summed E-state index contributed by atoms with van der Waals surface area (Å²) in [5.41, 5.74) is 0.339. The molecule has 0 aliphatic carbocycles. The first-order valence-corrected chi connectivity index (χ1v) is 8.87. The lowest BCUT2D eigenvalue weighted by atomic mass is 9.92. The molecule has 1 aromatic heterocycles. The van der Waals surface area contributed by atoms with Crippen molar-refractivity contribution in [1.29, 1.82) is 5.26 Å². The molecular formula is C18H20BrN3O2. The minimum atomic E-state index is 0.204. The first-order chi connectivity index (χ1) is 11.5. The summed E-state index contributed by atoms with van der Waals surface area (Å²) >= 11 is 3.39. The molecule has 24 heavy (non-hydrogen) atoms. The molecule has 1 aliphatic rings. The van der Waals surface area contributed by atoms with Crippen molar-refractivity contribution in [3.05, 3.63) is 40.3 Å². The Morgan fingerprint density at radius 3 is 2.58 bits per heavy atom. The lowest BCUT2D eigenvalue weighted by Gasteiger charge is -2.34. The second-order valence-electron chi connectivity index (χ2n) is 6.47. The van der Waals surface area contributed by atoms with E-state index < -0.39 is 0 Å². The average Bonchev–Trinajstić information content (AvgIpc) is 2.97. The molecule has 2 aromatic rings. The maximum Gasteiger partial charge on any atom is 0.236 e. The quantitative estimate of drug-likeness (QED) is 0.776. The first-order valence-electron chi connectivity index (χ1n) is 8.08. The molecule has 3 rings (SSSR count). The summed E-state index contributed by atoms with van der Waals surface area (Å²) in [7, 11) is 0. The summed E-state index contributed by atoms with van der Waals surface area (Å²) in [6.07, 6.45) is 1.20. The van der Waals surface area contributed by atoms with Gasteiger partial charge in [-0.2, -0.15) is 10.2 Å². The van der Waals surface area contributed by atoms with E-state index in [0.29, 0.717) is 29.3 Å². The van der Waals surface area contributed by atoms with Crippen molar-refractivity contribution in [3.63, 3.8) is 0 Å². The molecule has 1 saturated heterocycles. The Balaban J connectivity index is 1.73. The molecule has 1 aliphatic heterocycles. The lowest BCUT2D eigenvalue weighted by molar-refractivity contribution is 0.260. The van der Waals surface area contributed by atoms with Gasteiger partial charge in [0.1, 0.15) is 11.8 Å². The van der Waals surface area contributed by atoms with Crippen molar-refractivity contribution < 1.29 is 9.15 Å². The normalized spacial score (nSPS) is 20.7. The Hall–Kier alpha value is -2.00. The van der Waals surface area contributed by atoms with Crippen molar-refractivity contribution in [2.24, 2.45) is 11.8 Å². The van der Waals surface area contributed by atoms with Crippen LogP contribution in [0.4, 0.5) is 5.88 Å². The summed E-state index contributed by atoms with van der Waals surface area (Å²) < 4.78 is 12.5. The van der Waals surface area contributed by atoms with E-state index in [4.69, 9.17) is 9.15 Å². The monoisotopic (exact) mass is 389 g/mol. The van der Waals surface area contributed by atoms with Crippen LogP contribution in [0, 0.1) is 23.2 Å². The SMILES string of the molecule is C[C@H]1C[C@H](C)CN(c2oc(COc3ccc(Br)cc3)nc2C#N)C1. The van der Waals surface area contributed by atoms with Gasteiger partial charge in [-0.15, -0.1) is 0 Å². The predicted molar refractivity (Wildman–Crippen MR) is 94.9 cm³/mol. The van der Waals surface area contributed by atoms with Gasteiger partial charge in [-0.05, 0) is 42.5 Å². The third-order valence-corrected chi connectivity index (χ3v) is 4.62. The zero-order chi connectivity index (χ0) is 17.1. The fourth-order valence-corrected chi connectivity index (χ4v) is 3.47. The molecule has 0 bridgehead atoms. The number of benzene rings is 1. The van der Waals surface area contributed by atoms with E-state index in [-0.39, 0.29) is 6.61 Å². The minimum absolute atomic E-state index is 0.204. The number of hydrogen-bond acceptors (Lipinski definition) is 5. The number of aromatic nitrogens is 1. The zero-order valence-electron chi connectivity index (χ0n) is 13.8. The Morgan fingerprint density at radius 2 is 1.96 bits per heavy atom. The van der Waals surface area contributed by atoms with E-state index in [1.165, 1.54) is 6.42 Å². The van der Waals surface area contributed by atoms with E-state index in [0.717, 1.165) is 23.3 Å². The van der Waals surface area contributed by atoms with E-state index in [1.807, 2.05) is 24.3 Å². The van der Waals surface area contributed by atoms with Crippen molar-refractivity contribution >= 4 is 21.8 Å². The second-order valence-corrected chi connectivity index (χ2v) is 7.38. The number of oxazole rings is 1. The van der Waals surface area contributed by atoms with Crippen LogP contribution in [0.1, 0.15) is 31.9 Å². The van der Waals surface area contributed by atoms with Gasteiger partial charge < -0.3 is 14.1 Å². The predicted octanol–water partition coefficient (Wildman–Crippen LogP) is 4.37. The maximum atomic E-state index is 9.36. The Kier molecular flexibility index (Phi) is 5.10. The number of piperidine rings is 1. The van der Waals surface area contributed by atoms with Crippen LogP contribution in [0.3, 0.4) is 0 Å². The molecule has 1 fully saturated rings. The number of halogens is 1. The second kappa shape index (κ2) is 7.27.